The number of hydrogen-bond donors (Lipinski definition) is 2. The van der Waals surface area contributed by atoms with E-state index < -0.39 is 10.9 Å². The fourth-order valence-corrected chi connectivity index (χ4v) is 2.85. The molecule has 0 atom stereocenters. The second kappa shape index (κ2) is 6.90. The number of nitro groups is 1. The van der Waals surface area contributed by atoms with E-state index in [2.05, 4.69) is 15.1 Å². The Morgan fingerprint density at radius 2 is 2.07 bits per heavy atom. The largest absolute Gasteiger partial charge is 0.509 e. The molecule has 0 aliphatic carbocycles. The van der Waals surface area contributed by atoms with Gasteiger partial charge in [-0.2, -0.15) is 5.10 Å². The summed E-state index contributed by atoms with van der Waals surface area (Å²) in [7, 11) is 1.19. The maximum Gasteiger partial charge on any atom is 0.345 e. The van der Waals surface area contributed by atoms with Gasteiger partial charge in [0.2, 0.25) is 0 Å². The third-order valence-corrected chi connectivity index (χ3v) is 4.13. The number of aromatic amines is 1. The number of rotatable bonds is 5. The van der Waals surface area contributed by atoms with Crippen molar-refractivity contribution in [2.75, 3.05) is 7.11 Å². The van der Waals surface area contributed by atoms with Crippen molar-refractivity contribution in [3.63, 3.8) is 0 Å². The normalized spacial score (nSPS) is 12.1. The number of methoxy groups -OCH3 is 1. The number of hydrogen-bond acceptors (Lipinski definition) is 7. The van der Waals surface area contributed by atoms with Gasteiger partial charge in [-0.3, -0.25) is 14.8 Å². The zero-order valence-corrected chi connectivity index (χ0v) is 14.9. The first-order valence-electron chi connectivity index (χ1n) is 7.97. The quantitative estimate of drug-likeness (QED) is 0.231. The monoisotopic (exact) mass is 371 g/mol. The molecule has 3 aromatic rings. The third-order valence-electron chi connectivity index (χ3n) is 4.13. The SMILES string of the molecule is COC(=O)/C(=C(/O)Cn1nc(C)c([N+](=O)[O-])c1C)c1nc2ccccc2[nH]1. The average molecular weight is 371 g/mol. The van der Waals surface area contributed by atoms with E-state index in [1.165, 1.54) is 25.6 Å². The van der Waals surface area contributed by atoms with Crippen molar-refractivity contribution < 1.29 is 19.6 Å². The van der Waals surface area contributed by atoms with E-state index in [0.29, 0.717) is 11.0 Å². The fraction of sp³-hybridized carbons (Fsp3) is 0.235. The lowest BCUT2D eigenvalue weighted by molar-refractivity contribution is -0.386. The lowest BCUT2D eigenvalue weighted by Crippen LogP contribution is -2.13. The number of carbonyl (C=O) groups is 1. The van der Waals surface area contributed by atoms with E-state index in [9.17, 15) is 20.0 Å². The number of nitrogens with one attached hydrogen (secondary N) is 1. The number of esters is 1. The maximum absolute atomic E-state index is 12.2. The molecule has 10 nitrogen and oxygen atoms in total. The molecule has 0 fully saturated rings. The molecular formula is C17H17N5O5. The predicted octanol–water partition coefficient (Wildman–Crippen LogP) is 2.43. The Kier molecular flexibility index (Phi) is 4.63. The van der Waals surface area contributed by atoms with E-state index in [4.69, 9.17) is 4.74 Å². The highest BCUT2D eigenvalue weighted by atomic mass is 16.6. The highest BCUT2D eigenvalue weighted by Crippen LogP contribution is 2.25. The number of para-hydroxylation sites is 2. The topological polar surface area (TPSA) is 136 Å². The number of nitrogens with zero attached hydrogens (tertiary/aromatic N) is 4. The first-order valence-corrected chi connectivity index (χ1v) is 7.97. The number of carbonyl (C=O) groups excluding carboxylic acids is 1. The molecule has 0 aliphatic heterocycles. The minimum Gasteiger partial charge on any atom is -0.509 e. The molecule has 3 rings (SSSR count). The number of aryl methyl sites for hydroxylation is 1. The number of benzene rings is 1. The maximum atomic E-state index is 12.2. The van der Waals surface area contributed by atoms with Gasteiger partial charge < -0.3 is 14.8 Å². The Labute approximate surface area is 153 Å². The van der Waals surface area contributed by atoms with E-state index in [1.807, 2.05) is 0 Å². The molecule has 0 saturated carbocycles. The van der Waals surface area contributed by atoms with Crippen LogP contribution in [0.3, 0.4) is 0 Å². The molecule has 0 amide bonds. The van der Waals surface area contributed by atoms with E-state index in [1.54, 1.807) is 24.3 Å². The Hall–Kier alpha value is -3.69. The van der Waals surface area contributed by atoms with E-state index in [0.717, 1.165) is 0 Å². The molecule has 0 spiro atoms. The van der Waals surface area contributed by atoms with Gasteiger partial charge in [0.05, 0.1) is 29.6 Å². The number of H-pyrrole nitrogens is 1. The zero-order valence-electron chi connectivity index (χ0n) is 14.9. The summed E-state index contributed by atoms with van der Waals surface area (Å²) in [6.45, 7) is 2.77. The van der Waals surface area contributed by atoms with Gasteiger partial charge in [-0.1, -0.05) is 12.1 Å². The van der Waals surface area contributed by atoms with Gasteiger partial charge in [-0.25, -0.2) is 9.78 Å². The van der Waals surface area contributed by atoms with Gasteiger partial charge in [0.25, 0.3) is 0 Å². The van der Waals surface area contributed by atoms with Crippen molar-refractivity contribution in [3.05, 3.63) is 57.4 Å². The molecule has 27 heavy (non-hydrogen) atoms. The van der Waals surface area contributed by atoms with Crippen LogP contribution in [-0.2, 0) is 16.1 Å². The summed E-state index contributed by atoms with van der Waals surface area (Å²) >= 11 is 0. The van der Waals surface area contributed by atoms with Crippen molar-refractivity contribution >= 4 is 28.3 Å². The second-order valence-corrected chi connectivity index (χ2v) is 5.85. The van der Waals surface area contributed by atoms with Crippen LogP contribution in [0.15, 0.2) is 30.0 Å². The van der Waals surface area contributed by atoms with Crippen molar-refractivity contribution in [2.24, 2.45) is 0 Å². The van der Waals surface area contributed by atoms with Crippen LogP contribution in [0.2, 0.25) is 0 Å². The van der Waals surface area contributed by atoms with Crippen LogP contribution >= 0.6 is 0 Å². The van der Waals surface area contributed by atoms with Crippen molar-refractivity contribution in [1.82, 2.24) is 19.7 Å². The highest BCUT2D eigenvalue weighted by Gasteiger charge is 2.26. The van der Waals surface area contributed by atoms with Gasteiger partial charge in [-0.05, 0) is 26.0 Å². The molecule has 0 unspecified atom stereocenters. The highest BCUT2D eigenvalue weighted by molar-refractivity contribution is 6.16. The van der Waals surface area contributed by atoms with Gasteiger partial charge in [0.15, 0.2) is 0 Å². The number of imidazole rings is 1. The minimum absolute atomic E-state index is 0.133. The first-order chi connectivity index (χ1) is 12.8. The summed E-state index contributed by atoms with van der Waals surface area (Å²) < 4.78 is 6.02. The molecule has 1 aromatic carbocycles. The number of allylic oxidation sites excluding steroid dienone is 1. The van der Waals surface area contributed by atoms with E-state index >= 15 is 0 Å². The average Bonchev–Trinajstić information content (AvgIpc) is 3.15. The number of ether oxygens (including phenoxy) is 1. The van der Waals surface area contributed by atoms with Gasteiger partial charge >= 0.3 is 11.7 Å². The molecule has 0 aliphatic rings. The zero-order chi connectivity index (χ0) is 19.7. The van der Waals surface area contributed by atoms with Gasteiger partial charge in [0, 0.05) is 0 Å². The molecular weight excluding hydrogens is 354 g/mol. The van der Waals surface area contributed by atoms with Crippen LogP contribution < -0.4 is 0 Å². The molecule has 0 radical (unpaired) electrons. The summed E-state index contributed by atoms with van der Waals surface area (Å²) in [6.07, 6.45) is 0. The molecule has 0 bridgehead atoms. The molecule has 140 valence electrons. The summed E-state index contributed by atoms with van der Waals surface area (Å²) in [4.78, 5) is 30.1. The Morgan fingerprint density at radius 1 is 1.37 bits per heavy atom. The summed E-state index contributed by atoms with van der Waals surface area (Å²) in [5.41, 5.74) is 1.48. The Balaban J connectivity index is 2.08. The number of aliphatic hydroxyl groups is 1. The van der Waals surface area contributed by atoms with E-state index in [-0.39, 0.29) is 40.8 Å². The molecule has 2 aromatic heterocycles. The number of fused-ring (bicyclic) bond motifs is 1. The predicted molar refractivity (Wildman–Crippen MR) is 96.0 cm³/mol. The van der Waals surface area contributed by atoms with Crippen LogP contribution in [0.25, 0.3) is 16.6 Å². The van der Waals surface area contributed by atoms with Crippen molar-refractivity contribution in [2.45, 2.75) is 20.4 Å². The minimum atomic E-state index is -0.789. The summed E-state index contributed by atoms with van der Waals surface area (Å²) in [5, 5.41) is 25.8. The second-order valence-electron chi connectivity index (χ2n) is 5.85. The lowest BCUT2D eigenvalue weighted by atomic mass is 10.2. The number of aromatic nitrogens is 4. The number of aliphatic hydroxyl groups excluding tert-OH is 1. The van der Waals surface area contributed by atoms with Crippen LogP contribution in [0.1, 0.15) is 17.2 Å². The Bertz CT molecular complexity index is 1050. The molecule has 0 saturated heterocycles. The fourth-order valence-electron chi connectivity index (χ4n) is 2.85. The van der Waals surface area contributed by atoms with Crippen LogP contribution in [0.5, 0.6) is 0 Å². The van der Waals surface area contributed by atoms with Crippen LogP contribution in [0.4, 0.5) is 5.69 Å². The molecule has 2 heterocycles. The Morgan fingerprint density at radius 3 is 2.67 bits per heavy atom. The third kappa shape index (κ3) is 3.24. The molecule has 10 heteroatoms. The van der Waals surface area contributed by atoms with Crippen LogP contribution in [0, 0.1) is 24.0 Å². The summed E-state index contributed by atoms with van der Waals surface area (Å²) in [5.74, 6) is -1.03. The molecule has 2 N–H and O–H groups in total. The first kappa shape index (κ1) is 18.1. The van der Waals surface area contributed by atoms with Gasteiger partial charge in [-0.15, -0.1) is 0 Å². The van der Waals surface area contributed by atoms with Gasteiger partial charge in [0.1, 0.15) is 28.5 Å². The smallest absolute Gasteiger partial charge is 0.345 e. The standard InChI is InChI=1S/C17H17N5O5/c1-9-15(22(25)26)10(2)21(20-9)8-13(23)14(17(24)27-3)16-18-11-6-4-5-7-12(11)19-16/h4-7,23H,8H2,1-3H3,(H,18,19)/b14-13+. The van der Waals surface area contributed by atoms with Crippen molar-refractivity contribution in [1.29, 1.82) is 0 Å². The lowest BCUT2D eigenvalue weighted by Gasteiger charge is -2.08. The summed E-state index contributed by atoms with van der Waals surface area (Å²) in [6, 6.07) is 7.14. The van der Waals surface area contributed by atoms with Crippen molar-refractivity contribution in [3.8, 4) is 0 Å². The van der Waals surface area contributed by atoms with Crippen LogP contribution in [-0.4, -0.2) is 42.9 Å².